The van der Waals surface area contributed by atoms with Gasteiger partial charge in [0, 0.05) is 24.4 Å². The molecular formula is C18H27N5O2S. The molecule has 0 aromatic carbocycles. The van der Waals surface area contributed by atoms with E-state index in [2.05, 4.69) is 38.5 Å². The summed E-state index contributed by atoms with van der Waals surface area (Å²) in [6.45, 7) is 10.1. The molecule has 0 fully saturated rings. The number of hydrogen-bond donors (Lipinski definition) is 3. The van der Waals surface area contributed by atoms with Crippen LogP contribution >= 0.6 is 0 Å². The van der Waals surface area contributed by atoms with E-state index < -0.39 is 10.0 Å². The van der Waals surface area contributed by atoms with Gasteiger partial charge in [0.15, 0.2) is 0 Å². The predicted molar refractivity (Wildman–Crippen MR) is 107 cm³/mol. The fraction of sp³-hybridized carbons (Fsp3) is 0.444. The summed E-state index contributed by atoms with van der Waals surface area (Å²) in [7, 11) is -3.49. The van der Waals surface area contributed by atoms with Crippen molar-refractivity contribution in [2.24, 2.45) is 0 Å². The fourth-order valence-corrected chi connectivity index (χ4v) is 3.77. The molecule has 1 aromatic rings. The summed E-state index contributed by atoms with van der Waals surface area (Å²) in [5.41, 5.74) is 2.55. The molecule has 0 bridgehead atoms. The number of nitrogens with zero attached hydrogens (tertiary/aromatic N) is 2. The third-order valence-electron chi connectivity index (χ3n) is 3.97. The van der Waals surface area contributed by atoms with Crippen LogP contribution in [0.4, 0.5) is 11.8 Å². The van der Waals surface area contributed by atoms with E-state index >= 15 is 0 Å². The van der Waals surface area contributed by atoms with Crippen LogP contribution in [0.1, 0.15) is 31.0 Å². The predicted octanol–water partition coefficient (Wildman–Crippen LogP) is 2.37. The van der Waals surface area contributed by atoms with Crippen LogP contribution in [0.5, 0.6) is 0 Å². The zero-order valence-electron chi connectivity index (χ0n) is 15.2. The minimum Gasteiger partial charge on any atom is -0.369 e. The molecule has 26 heavy (non-hydrogen) atoms. The highest BCUT2D eigenvalue weighted by Gasteiger charge is 2.18. The van der Waals surface area contributed by atoms with Gasteiger partial charge in [0.1, 0.15) is 5.82 Å². The topological polar surface area (TPSA) is 96.0 Å². The summed E-state index contributed by atoms with van der Waals surface area (Å²) >= 11 is 0. The quantitative estimate of drug-likeness (QED) is 0.542. The second kappa shape index (κ2) is 9.38. The Morgan fingerprint density at radius 3 is 2.65 bits per heavy atom. The molecule has 3 N–H and O–H groups in total. The number of allylic oxidation sites excluding steroid dienone is 3. The molecule has 0 radical (unpaired) electrons. The molecule has 0 atom stereocenters. The lowest BCUT2D eigenvalue weighted by atomic mass is 9.96. The SMILES string of the molecule is C=C/C=C(\C=C)NS(=O)(=O)CCNc1nc(NCC)nc2c1CCCC2. The van der Waals surface area contributed by atoms with E-state index in [9.17, 15) is 8.42 Å². The Morgan fingerprint density at radius 1 is 1.19 bits per heavy atom. The molecule has 0 saturated heterocycles. The van der Waals surface area contributed by atoms with E-state index in [1.807, 2.05) is 6.92 Å². The maximum atomic E-state index is 12.2. The number of fused-ring (bicyclic) bond motifs is 1. The molecule has 0 aliphatic heterocycles. The van der Waals surface area contributed by atoms with Crippen LogP contribution < -0.4 is 15.4 Å². The average molecular weight is 378 g/mol. The van der Waals surface area contributed by atoms with Crippen molar-refractivity contribution in [3.63, 3.8) is 0 Å². The highest BCUT2D eigenvalue weighted by molar-refractivity contribution is 7.89. The van der Waals surface area contributed by atoms with Gasteiger partial charge in [-0.25, -0.2) is 13.4 Å². The number of anilines is 2. The third-order valence-corrected chi connectivity index (χ3v) is 5.26. The Labute approximate surface area is 155 Å². The van der Waals surface area contributed by atoms with Crippen LogP contribution in [0.2, 0.25) is 0 Å². The fourth-order valence-electron chi connectivity index (χ4n) is 2.78. The van der Waals surface area contributed by atoms with Gasteiger partial charge < -0.3 is 10.6 Å². The van der Waals surface area contributed by atoms with E-state index in [0.717, 1.165) is 49.3 Å². The van der Waals surface area contributed by atoms with Crippen molar-refractivity contribution < 1.29 is 8.42 Å². The summed E-state index contributed by atoms with van der Waals surface area (Å²) in [6, 6.07) is 0. The standard InChI is InChI=1S/C18H27N5O2S/c1-4-9-14(5-2)23-26(24,25)13-12-20-17-15-10-7-8-11-16(15)21-18(22-17)19-6-3/h4-5,9,23H,1-2,6-8,10-13H2,3H3,(H2,19,20,21,22)/b14-9+. The maximum Gasteiger partial charge on any atom is 0.234 e. The number of nitrogens with one attached hydrogen (secondary N) is 3. The Hall–Kier alpha value is -2.35. The van der Waals surface area contributed by atoms with E-state index in [-0.39, 0.29) is 12.3 Å². The van der Waals surface area contributed by atoms with E-state index in [1.54, 1.807) is 6.08 Å². The smallest absolute Gasteiger partial charge is 0.234 e. The molecular weight excluding hydrogens is 350 g/mol. The van der Waals surface area contributed by atoms with Crippen molar-refractivity contribution in [1.82, 2.24) is 14.7 Å². The minimum absolute atomic E-state index is 0.0787. The first kappa shape index (κ1) is 20.0. The summed E-state index contributed by atoms with van der Waals surface area (Å²) < 4.78 is 26.9. The van der Waals surface area contributed by atoms with Crippen LogP contribution in [0.25, 0.3) is 0 Å². The van der Waals surface area contributed by atoms with Gasteiger partial charge in [0.05, 0.1) is 11.4 Å². The molecule has 2 rings (SSSR count). The molecule has 142 valence electrons. The van der Waals surface area contributed by atoms with Crippen molar-refractivity contribution in [3.8, 4) is 0 Å². The maximum absolute atomic E-state index is 12.2. The average Bonchev–Trinajstić information content (AvgIpc) is 2.61. The molecule has 0 amide bonds. The Bertz CT molecular complexity index is 787. The Kier molecular flexibility index (Phi) is 7.20. The van der Waals surface area contributed by atoms with Crippen molar-refractivity contribution in [2.45, 2.75) is 32.6 Å². The van der Waals surface area contributed by atoms with Gasteiger partial charge in [-0.05, 0) is 44.8 Å². The molecule has 8 heteroatoms. The number of aromatic nitrogens is 2. The summed E-state index contributed by atoms with van der Waals surface area (Å²) in [5.74, 6) is 1.23. The normalized spacial score (nSPS) is 14.3. The van der Waals surface area contributed by atoms with Crippen molar-refractivity contribution >= 4 is 21.8 Å². The van der Waals surface area contributed by atoms with Crippen LogP contribution in [0.3, 0.4) is 0 Å². The van der Waals surface area contributed by atoms with Crippen LogP contribution in [0.15, 0.2) is 37.1 Å². The van der Waals surface area contributed by atoms with E-state index in [1.165, 1.54) is 12.2 Å². The lowest BCUT2D eigenvalue weighted by molar-refractivity contribution is 0.589. The monoisotopic (exact) mass is 377 g/mol. The summed E-state index contributed by atoms with van der Waals surface area (Å²) in [4.78, 5) is 9.08. The first-order chi connectivity index (χ1) is 12.5. The number of aryl methyl sites for hydroxylation is 1. The zero-order valence-corrected chi connectivity index (χ0v) is 16.0. The number of rotatable bonds is 10. The third kappa shape index (κ3) is 5.59. The highest BCUT2D eigenvalue weighted by atomic mass is 32.2. The van der Waals surface area contributed by atoms with E-state index in [4.69, 9.17) is 0 Å². The largest absolute Gasteiger partial charge is 0.369 e. The van der Waals surface area contributed by atoms with Crippen molar-refractivity contribution in [3.05, 3.63) is 48.3 Å². The molecule has 1 aliphatic carbocycles. The molecule has 0 unspecified atom stereocenters. The lowest BCUT2D eigenvalue weighted by Gasteiger charge is -2.20. The summed E-state index contributed by atoms with van der Waals surface area (Å²) in [6.07, 6.45) is 8.57. The second-order valence-corrected chi connectivity index (χ2v) is 7.81. The van der Waals surface area contributed by atoms with Crippen molar-refractivity contribution in [2.75, 3.05) is 29.5 Å². The minimum atomic E-state index is -3.49. The number of hydrogen-bond acceptors (Lipinski definition) is 6. The van der Waals surface area contributed by atoms with Crippen LogP contribution in [-0.2, 0) is 22.9 Å². The number of sulfonamides is 1. The van der Waals surface area contributed by atoms with Gasteiger partial charge in [-0.2, -0.15) is 4.98 Å². The highest BCUT2D eigenvalue weighted by Crippen LogP contribution is 2.26. The molecule has 1 aliphatic rings. The molecule has 0 saturated carbocycles. The van der Waals surface area contributed by atoms with Crippen LogP contribution in [-0.4, -0.2) is 37.2 Å². The molecule has 1 heterocycles. The van der Waals surface area contributed by atoms with Crippen LogP contribution in [0, 0.1) is 0 Å². The molecule has 7 nitrogen and oxygen atoms in total. The molecule has 0 spiro atoms. The first-order valence-electron chi connectivity index (χ1n) is 8.82. The van der Waals surface area contributed by atoms with Gasteiger partial charge >= 0.3 is 0 Å². The zero-order chi connectivity index (χ0) is 19.0. The lowest BCUT2D eigenvalue weighted by Crippen LogP contribution is -2.29. The second-order valence-electron chi connectivity index (χ2n) is 5.97. The van der Waals surface area contributed by atoms with Crippen molar-refractivity contribution in [1.29, 1.82) is 0 Å². The summed E-state index contributed by atoms with van der Waals surface area (Å²) in [5, 5.41) is 6.31. The Balaban J connectivity index is 2.06. The van der Waals surface area contributed by atoms with Gasteiger partial charge in [0.25, 0.3) is 0 Å². The van der Waals surface area contributed by atoms with Gasteiger partial charge in [0.2, 0.25) is 16.0 Å². The van der Waals surface area contributed by atoms with Gasteiger partial charge in [-0.15, -0.1) is 0 Å². The van der Waals surface area contributed by atoms with Gasteiger partial charge in [-0.1, -0.05) is 19.2 Å². The van der Waals surface area contributed by atoms with E-state index in [0.29, 0.717) is 11.6 Å². The Morgan fingerprint density at radius 2 is 1.96 bits per heavy atom. The first-order valence-corrected chi connectivity index (χ1v) is 10.5. The van der Waals surface area contributed by atoms with Gasteiger partial charge in [-0.3, -0.25) is 4.72 Å². The molecule has 1 aromatic heterocycles.